The molecule has 2 N–H and O–H groups in total. The second kappa shape index (κ2) is 7.87. The van der Waals surface area contributed by atoms with E-state index in [1.807, 2.05) is 0 Å². The second-order valence-electron chi connectivity index (χ2n) is 5.46. The smallest absolute Gasteiger partial charge is 0.243 e. The second-order valence-corrected chi connectivity index (χ2v) is 7.40. The summed E-state index contributed by atoms with van der Waals surface area (Å²) in [4.78, 5) is 14.1. The maximum Gasteiger partial charge on any atom is 0.243 e. The number of amides is 1. The van der Waals surface area contributed by atoms with Gasteiger partial charge >= 0.3 is 0 Å². The first-order chi connectivity index (χ1) is 11.0. The van der Waals surface area contributed by atoms with Gasteiger partial charge in [0.2, 0.25) is 15.9 Å². The van der Waals surface area contributed by atoms with E-state index in [4.69, 9.17) is 10.5 Å². The summed E-state index contributed by atoms with van der Waals surface area (Å²) in [5.74, 6) is -0.203. The predicted molar refractivity (Wildman–Crippen MR) is 86.2 cm³/mol. The molecule has 1 aromatic rings. The molecule has 0 bridgehead atoms. The van der Waals surface area contributed by atoms with Crippen LogP contribution < -0.4 is 5.73 Å². The van der Waals surface area contributed by atoms with E-state index < -0.39 is 16.1 Å². The van der Waals surface area contributed by atoms with Gasteiger partial charge in [0.25, 0.3) is 0 Å². The van der Waals surface area contributed by atoms with Gasteiger partial charge in [0.05, 0.1) is 11.5 Å². The van der Waals surface area contributed by atoms with Crippen LogP contribution in [0.25, 0.3) is 0 Å². The van der Waals surface area contributed by atoms with Gasteiger partial charge in [-0.25, -0.2) is 8.42 Å². The molecule has 0 spiro atoms. The van der Waals surface area contributed by atoms with E-state index in [2.05, 4.69) is 0 Å². The zero-order chi connectivity index (χ0) is 16.9. The molecule has 1 heterocycles. The highest BCUT2D eigenvalue weighted by Crippen LogP contribution is 2.17. The minimum absolute atomic E-state index is 0.154. The Morgan fingerprint density at radius 2 is 1.91 bits per heavy atom. The van der Waals surface area contributed by atoms with Gasteiger partial charge in [0.15, 0.2) is 0 Å². The van der Waals surface area contributed by atoms with Gasteiger partial charge < -0.3 is 15.4 Å². The zero-order valence-electron chi connectivity index (χ0n) is 13.2. The molecule has 1 fully saturated rings. The number of sulfonamides is 1. The van der Waals surface area contributed by atoms with Crippen LogP contribution >= 0.6 is 0 Å². The first kappa shape index (κ1) is 17.9. The maximum atomic E-state index is 12.6. The van der Waals surface area contributed by atoms with Crippen LogP contribution in [0, 0.1) is 0 Å². The average Bonchev–Trinajstić information content (AvgIpc) is 2.81. The lowest BCUT2D eigenvalue weighted by atomic mass is 10.2. The Labute approximate surface area is 137 Å². The number of carbonyl (C=O) groups is 1. The molecule has 1 saturated heterocycles. The molecule has 1 aliphatic heterocycles. The molecule has 7 nitrogen and oxygen atoms in total. The lowest BCUT2D eigenvalue weighted by Gasteiger charge is -2.24. The third-order valence-electron chi connectivity index (χ3n) is 3.81. The van der Waals surface area contributed by atoms with E-state index in [0.29, 0.717) is 26.1 Å². The Morgan fingerprint density at radius 3 is 2.57 bits per heavy atom. The third kappa shape index (κ3) is 4.29. The summed E-state index contributed by atoms with van der Waals surface area (Å²) in [6.45, 7) is 1.64. The first-order valence-electron chi connectivity index (χ1n) is 7.55. The van der Waals surface area contributed by atoms with Crippen molar-refractivity contribution in [3.8, 4) is 0 Å². The van der Waals surface area contributed by atoms with Crippen LogP contribution in [-0.2, 0) is 19.6 Å². The maximum absolute atomic E-state index is 12.6. The molecule has 1 aromatic carbocycles. The lowest BCUT2D eigenvalue weighted by Crippen LogP contribution is -2.47. The first-order valence-corrected chi connectivity index (χ1v) is 8.99. The Morgan fingerprint density at radius 1 is 1.22 bits per heavy atom. The fraction of sp³-hybridized carbons (Fsp3) is 0.533. The fourth-order valence-corrected chi connectivity index (χ4v) is 4.07. The molecule has 0 aliphatic carbocycles. The van der Waals surface area contributed by atoms with Crippen LogP contribution in [0.4, 0.5) is 0 Å². The minimum atomic E-state index is -3.53. The molecule has 1 aliphatic rings. The molecule has 1 atom stereocenters. The highest BCUT2D eigenvalue weighted by atomic mass is 32.2. The zero-order valence-corrected chi connectivity index (χ0v) is 14.0. The molecule has 0 saturated carbocycles. The summed E-state index contributed by atoms with van der Waals surface area (Å²) in [6.07, 6.45) is 0.581. The molecule has 0 radical (unpaired) electrons. The highest BCUT2D eigenvalue weighted by molar-refractivity contribution is 7.89. The summed E-state index contributed by atoms with van der Waals surface area (Å²) >= 11 is 0. The van der Waals surface area contributed by atoms with Crippen LogP contribution in [0.1, 0.15) is 6.42 Å². The molecular weight excluding hydrogens is 318 g/mol. The lowest BCUT2D eigenvalue weighted by molar-refractivity contribution is -0.133. The number of hydrogen-bond acceptors (Lipinski definition) is 5. The van der Waals surface area contributed by atoms with Gasteiger partial charge in [0, 0.05) is 33.3 Å². The van der Waals surface area contributed by atoms with Gasteiger partial charge in [-0.05, 0) is 18.6 Å². The highest BCUT2D eigenvalue weighted by Gasteiger charge is 2.29. The normalized spacial score (nSPS) is 18.4. The van der Waals surface area contributed by atoms with Crippen molar-refractivity contribution in [3.05, 3.63) is 30.3 Å². The molecular formula is C15H23N3O4S. The van der Waals surface area contributed by atoms with Gasteiger partial charge in [0.1, 0.15) is 6.04 Å². The summed E-state index contributed by atoms with van der Waals surface area (Å²) in [5.41, 5.74) is 5.77. The minimum Gasteiger partial charge on any atom is -0.383 e. The van der Waals surface area contributed by atoms with Crippen LogP contribution in [0.2, 0.25) is 0 Å². The van der Waals surface area contributed by atoms with Gasteiger partial charge in [-0.15, -0.1) is 0 Å². The Bertz CT molecular complexity index is 621. The molecule has 1 amide bonds. The van der Waals surface area contributed by atoms with Crippen molar-refractivity contribution in [3.63, 3.8) is 0 Å². The van der Waals surface area contributed by atoms with Crippen molar-refractivity contribution in [2.45, 2.75) is 17.4 Å². The van der Waals surface area contributed by atoms with Crippen LogP contribution in [0.3, 0.4) is 0 Å². The quantitative estimate of drug-likeness (QED) is 0.806. The number of ether oxygens (including phenoxy) is 1. The Balaban J connectivity index is 2.05. The number of methoxy groups -OCH3 is 1. The van der Waals surface area contributed by atoms with E-state index in [1.165, 1.54) is 11.4 Å². The number of nitrogens with two attached hydrogens (primary N) is 1. The van der Waals surface area contributed by atoms with Crippen molar-refractivity contribution in [2.24, 2.45) is 5.73 Å². The van der Waals surface area contributed by atoms with Crippen molar-refractivity contribution in [1.29, 1.82) is 0 Å². The monoisotopic (exact) mass is 341 g/mol. The number of carbonyl (C=O) groups excluding carboxylic acids is 1. The topological polar surface area (TPSA) is 92.9 Å². The van der Waals surface area contributed by atoms with Crippen molar-refractivity contribution < 1.29 is 17.9 Å². The average molecular weight is 341 g/mol. The van der Waals surface area contributed by atoms with Crippen molar-refractivity contribution in [1.82, 2.24) is 9.21 Å². The van der Waals surface area contributed by atoms with E-state index in [1.54, 1.807) is 35.2 Å². The van der Waals surface area contributed by atoms with Gasteiger partial charge in [-0.1, -0.05) is 18.2 Å². The molecule has 128 valence electrons. The fourth-order valence-electron chi connectivity index (χ4n) is 2.58. The van der Waals surface area contributed by atoms with E-state index >= 15 is 0 Å². The Hall–Kier alpha value is -1.48. The van der Waals surface area contributed by atoms with Gasteiger partial charge in [-0.2, -0.15) is 4.31 Å². The number of benzene rings is 1. The van der Waals surface area contributed by atoms with Crippen LogP contribution in [0.15, 0.2) is 35.2 Å². The number of hydrogen-bond donors (Lipinski definition) is 1. The summed E-state index contributed by atoms with van der Waals surface area (Å²) in [6, 6.07) is 7.63. The van der Waals surface area contributed by atoms with E-state index in [0.717, 1.165) is 0 Å². The van der Waals surface area contributed by atoms with Crippen LogP contribution in [-0.4, -0.2) is 69.5 Å². The number of nitrogens with zero attached hydrogens (tertiary/aromatic N) is 2. The van der Waals surface area contributed by atoms with Crippen LogP contribution in [0.5, 0.6) is 0 Å². The standard InChI is InChI=1S/C15H23N3O4S/c1-22-12-14(16)15(19)17-8-5-9-18(11-10-17)23(20,21)13-6-3-2-4-7-13/h2-4,6-7,14H,5,8-12,16H2,1H3. The Kier molecular flexibility index (Phi) is 6.11. The molecule has 0 aromatic heterocycles. The SMILES string of the molecule is COCC(N)C(=O)N1CCCN(S(=O)(=O)c2ccccc2)CC1. The predicted octanol–water partition coefficient (Wildman–Crippen LogP) is -0.117. The third-order valence-corrected chi connectivity index (χ3v) is 5.72. The summed E-state index contributed by atoms with van der Waals surface area (Å²) < 4.78 is 31.6. The van der Waals surface area contributed by atoms with Gasteiger partial charge in [-0.3, -0.25) is 4.79 Å². The molecule has 23 heavy (non-hydrogen) atoms. The summed E-state index contributed by atoms with van der Waals surface area (Å²) in [7, 11) is -2.04. The molecule has 8 heteroatoms. The molecule has 2 rings (SSSR count). The van der Waals surface area contributed by atoms with E-state index in [9.17, 15) is 13.2 Å². The van der Waals surface area contributed by atoms with Crippen molar-refractivity contribution >= 4 is 15.9 Å². The van der Waals surface area contributed by atoms with Crippen molar-refractivity contribution in [2.75, 3.05) is 39.9 Å². The van der Waals surface area contributed by atoms with E-state index in [-0.39, 0.29) is 24.0 Å². The number of rotatable bonds is 5. The summed E-state index contributed by atoms with van der Waals surface area (Å²) in [5, 5.41) is 0. The molecule has 1 unspecified atom stereocenters. The largest absolute Gasteiger partial charge is 0.383 e.